The van der Waals surface area contributed by atoms with E-state index in [-0.39, 0.29) is 11.4 Å². The summed E-state index contributed by atoms with van der Waals surface area (Å²) in [4.78, 5) is 19.5. The molecule has 0 unspecified atom stereocenters. The summed E-state index contributed by atoms with van der Waals surface area (Å²) in [7, 11) is 0. The number of aromatic nitrogens is 4. The molecule has 8 heteroatoms. The molecule has 0 atom stereocenters. The van der Waals surface area contributed by atoms with E-state index in [1.54, 1.807) is 22.9 Å². The van der Waals surface area contributed by atoms with E-state index in [4.69, 9.17) is 10.8 Å². The summed E-state index contributed by atoms with van der Waals surface area (Å²) in [5.41, 5.74) is 10.1. The van der Waals surface area contributed by atoms with Crippen LogP contribution in [0.3, 0.4) is 0 Å². The summed E-state index contributed by atoms with van der Waals surface area (Å²) in [6, 6.07) is 13.8. The number of nitrogens with two attached hydrogens (primary N) is 1. The highest BCUT2D eigenvalue weighted by Crippen LogP contribution is 2.41. The molecule has 0 aliphatic carbocycles. The first-order valence-corrected chi connectivity index (χ1v) is 10.9. The maximum Gasteiger partial charge on any atom is 0.273 e. The molecular formula is C25H24FN6O. The van der Waals surface area contributed by atoms with Crippen LogP contribution in [0.25, 0.3) is 28.2 Å². The van der Waals surface area contributed by atoms with Crippen LogP contribution < -0.4 is 16.2 Å². The van der Waals surface area contributed by atoms with E-state index in [0.717, 1.165) is 54.3 Å². The first kappa shape index (κ1) is 21.1. The lowest BCUT2D eigenvalue weighted by molar-refractivity contribution is 0.628. The number of anilines is 1. The Morgan fingerprint density at radius 2 is 1.88 bits per heavy atom. The number of nitrogens with zero attached hydrogens (tertiary/aromatic N) is 5. The third kappa shape index (κ3) is 3.72. The van der Waals surface area contributed by atoms with Crippen molar-refractivity contribution in [3.05, 3.63) is 89.6 Å². The molecular weight excluding hydrogens is 419 g/mol. The standard InChI is InChI=1S/C25H24FN6O/c1-2-11-30-12-13-32-25(30)23(24(29-32)17-7-9-19(26)10-8-17)20-16-31(22(33)15-28-20)21-6-4-3-5-18(21)14-27/h3-10,15-16H,1-2,11-14,27H2. The van der Waals surface area contributed by atoms with Gasteiger partial charge in [-0.05, 0) is 42.3 Å². The van der Waals surface area contributed by atoms with Gasteiger partial charge in [-0.1, -0.05) is 25.1 Å². The van der Waals surface area contributed by atoms with Crippen LogP contribution in [0, 0.1) is 12.7 Å². The Hall–Kier alpha value is -3.78. The van der Waals surface area contributed by atoms with Crippen molar-refractivity contribution in [2.24, 2.45) is 5.73 Å². The van der Waals surface area contributed by atoms with E-state index in [9.17, 15) is 9.18 Å². The van der Waals surface area contributed by atoms with E-state index in [1.807, 2.05) is 28.9 Å². The van der Waals surface area contributed by atoms with E-state index < -0.39 is 0 Å². The number of hydrogen-bond acceptors (Lipinski definition) is 5. The third-order valence-corrected chi connectivity index (χ3v) is 5.88. The Morgan fingerprint density at radius 1 is 1.09 bits per heavy atom. The minimum Gasteiger partial charge on any atom is -0.354 e. The van der Waals surface area contributed by atoms with Crippen molar-refractivity contribution in [2.45, 2.75) is 19.5 Å². The number of para-hydroxylation sites is 1. The molecule has 1 aliphatic heterocycles. The minimum absolute atomic E-state index is 0.249. The summed E-state index contributed by atoms with van der Waals surface area (Å²) in [5.74, 6) is 0.624. The van der Waals surface area contributed by atoms with Crippen molar-refractivity contribution in [3.8, 4) is 28.2 Å². The third-order valence-electron chi connectivity index (χ3n) is 5.88. The second-order valence-electron chi connectivity index (χ2n) is 7.93. The fourth-order valence-electron chi connectivity index (χ4n) is 4.35. The van der Waals surface area contributed by atoms with Crippen LogP contribution in [0.2, 0.25) is 0 Å². The summed E-state index contributed by atoms with van der Waals surface area (Å²) in [6.45, 7) is 6.64. The molecule has 7 nitrogen and oxygen atoms in total. The molecule has 1 aliphatic rings. The number of rotatable bonds is 6. The number of fused-ring (bicyclic) bond motifs is 1. The average Bonchev–Trinajstić information content (AvgIpc) is 3.40. The molecule has 33 heavy (non-hydrogen) atoms. The van der Waals surface area contributed by atoms with Crippen LogP contribution in [0.15, 0.2) is 65.7 Å². The van der Waals surface area contributed by atoms with Crippen molar-refractivity contribution in [1.29, 1.82) is 0 Å². The summed E-state index contributed by atoms with van der Waals surface area (Å²) in [5, 5.41) is 4.84. The summed E-state index contributed by atoms with van der Waals surface area (Å²) >= 11 is 0. The van der Waals surface area contributed by atoms with Gasteiger partial charge in [-0.2, -0.15) is 5.10 Å². The van der Waals surface area contributed by atoms with Gasteiger partial charge in [-0.25, -0.2) is 14.1 Å². The van der Waals surface area contributed by atoms with Gasteiger partial charge in [0.05, 0.1) is 29.7 Å². The zero-order valence-electron chi connectivity index (χ0n) is 18.1. The first-order chi connectivity index (χ1) is 16.1. The van der Waals surface area contributed by atoms with Gasteiger partial charge < -0.3 is 10.6 Å². The molecule has 0 spiro atoms. The Bertz CT molecular complexity index is 1360. The highest BCUT2D eigenvalue weighted by Gasteiger charge is 2.30. The highest BCUT2D eigenvalue weighted by molar-refractivity contribution is 5.88. The molecule has 0 amide bonds. The number of halogens is 1. The smallest absolute Gasteiger partial charge is 0.273 e. The van der Waals surface area contributed by atoms with Crippen molar-refractivity contribution >= 4 is 5.82 Å². The average molecular weight is 444 g/mol. The SMILES string of the molecule is [CH2]CCN1CCn2nc(-c3ccc(F)cc3)c(-c3cn(-c4ccccc4CN)c(=O)cn3)c21. The molecule has 4 aromatic rings. The van der Waals surface area contributed by atoms with Gasteiger partial charge in [0, 0.05) is 31.4 Å². The fourth-order valence-corrected chi connectivity index (χ4v) is 4.35. The molecule has 2 N–H and O–H groups in total. The van der Waals surface area contributed by atoms with Gasteiger partial charge >= 0.3 is 0 Å². The second kappa shape index (κ2) is 8.63. The molecule has 0 bridgehead atoms. The van der Waals surface area contributed by atoms with Gasteiger partial charge in [-0.15, -0.1) is 0 Å². The summed E-state index contributed by atoms with van der Waals surface area (Å²) < 4.78 is 17.1. The molecule has 1 radical (unpaired) electrons. The van der Waals surface area contributed by atoms with Gasteiger partial charge in [-0.3, -0.25) is 9.36 Å². The van der Waals surface area contributed by atoms with Crippen molar-refractivity contribution < 1.29 is 4.39 Å². The van der Waals surface area contributed by atoms with Crippen LogP contribution in [0.5, 0.6) is 0 Å². The van der Waals surface area contributed by atoms with Gasteiger partial charge in [0.25, 0.3) is 5.56 Å². The summed E-state index contributed by atoms with van der Waals surface area (Å²) in [6.07, 6.45) is 3.80. The Kier molecular flexibility index (Phi) is 5.51. The molecule has 0 saturated carbocycles. The highest BCUT2D eigenvalue weighted by atomic mass is 19.1. The first-order valence-electron chi connectivity index (χ1n) is 10.9. The lowest BCUT2D eigenvalue weighted by atomic mass is 10.0. The van der Waals surface area contributed by atoms with E-state index in [2.05, 4.69) is 16.8 Å². The minimum atomic E-state index is -0.309. The second-order valence-corrected chi connectivity index (χ2v) is 7.93. The predicted molar refractivity (Wildman–Crippen MR) is 127 cm³/mol. The predicted octanol–water partition coefficient (Wildman–Crippen LogP) is 3.40. The Balaban J connectivity index is 1.74. The topological polar surface area (TPSA) is 82.0 Å². The van der Waals surface area contributed by atoms with Gasteiger partial charge in [0.2, 0.25) is 0 Å². The lowest BCUT2D eigenvalue weighted by Gasteiger charge is -2.19. The fraction of sp³-hybridized carbons (Fsp3) is 0.200. The van der Waals surface area contributed by atoms with Crippen LogP contribution in [0.4, 0.5) is 10.2 Å². The molecule has 5 rings (SSSR count). The van der Waals surface area contributed by atoms with Crippen molar-refractivity contribution in [2.75, 3.05) is 18.0 Å². The van der Waals surface area contributed by atoms with Crippen molar-refractivity contribution in [1.82, 2.24) is 19.3 Å². The zero-order valence-corrected chi connectivity index (χ0v) is 18.1. The number of hydrogen-bond donors (Lipinski definition) is 1. The van der Waals surface area contributed by atoms with Crippen LogP contribution >= 0.6 is 0 Å². The number of benzene rings is 2. The molecule has 2 aromatic carbocycles. The maximum atomic E-state index is 13.6. The van der Waals surface area contributed by atoms with Crippen LogP contribution in [-0.2, 0) is 13.1 Å². The molecule has 0 saturated heterocycles. The Labute approximate surface area is 190 Å². The normalized spacial score (nSPS) is 12.9. The van der Waals surface area contributed by atoms with E-state index in [0.29, 0.717) is 17.9 Å². The molecule has 167 valence electrons. The lowest BCUT2D eigenvalue weighted by Crippen LogP contribution is -2.22. The molecule has 3 heterocycles. The van der Waals surface area contributed by atoms with E-state index >= 15 is 0 Å². The quantitative estimate of drug-likeness (QED) is 0.494. The van der Waals surface area contributed by atoms with Gasteiger partial charge in [0.1, 0.15) is 17.3 Å². The van der Waals surface area contributed by atoms with E-state index in [1.165, 1.54) is 18.3 Å². The van der Waals surface area contributed by atoms with Crippen molar-refractivity contribution in [3.63, 3.8) is 0 Å². The van der Waals surface area contributed by atoms with Crippen LogP contribution in [0.1, 0.15) is 12.0 Å². The largest absolute Gasteiger partial charge is 0.354 e. The maximum absolute atomic E-state index is 13.6. The van der Waals surface area contributed by atoms with Gasteiger partial charge in [0.15, 0.2) is 0 Å². The Morgan fingerprint density at radius 3 is 2.64 bits per heavy atom. The van der Waals surface area contributed by atoms with Crippen LogP contribution in [-0.4, -0.2) is 32.4 Å². The molecule has 0 fully saturated rings. The monoisotopic (exact) mass is 443 g/mol. The molecule has 2 aromatic heterocycles. The zero-order chi connectivity index (χ0) is 22.9.